The van der Waals surface area contributed by atoms with Crippen molar-refractivity contribution in [2.24, 2.45) is 23.5 Å². The van der Waals surface area contributed by atoms with Crippen LogP contribution in [0.5, 0.6) is 0 Å². The highest BCUT2D eigenvalue weighted by Gasteiger charge is 2.18. The van der Waals surface area contributed by atoms with Crippen LogP contribution in [0.15, 0.2) is 0 Å². The SMILES string of the molecule is CCSCCC(CN)NCC(C(C)C)C(C)C. The van der Waals surface area contributed by atoms with E-state index in [2.05, 4.69) is 39.9 Å². The lowest BCUT2D eigenvalue weighted by Gasteiger charge is -2.27. The van der Waals surface area contributed by atoms with Gasteiger partial charge in [0.05, 0.1) is 0 Å². The summed E-state index contributed by atoms with van der Waals surface area (Å²) in [6.07, 6.45) is 1.19. The molecule has 3 heteroatoms. The van der Waals surface area contributed by atoms with Gasteiger partial charge in [-0.2, -0.15) is 11.8 Å². The summed E-state index contributed by atoms with van der Waals surface area (Å²) in [5.74, 6) is 4.66. The van der Waals surface area contributed by atoms with Crippen molar-refractivity contribution in [2.75, 3.05) is 24.6 Å². The Balaban J connectivity index is 3.93. The second-order valence-electron chi connectivity index (χ2n) is 5.48. The minimum absolute atomic E-state index is 0.494. The summed E-state index contributed by atoms with van der Waals surface area (Å²) in [5, 5.41) is 3.65. The third-order valence-corrected chi connectivity index (χ3v) is 4.39. The van der Waals surface area contributed by atoms with E-state index in [1.165, 1.54) is 17.9 Å². The molecule has 0 saturated heterocycles. The number of nitrogens with one attached hydrogen (secondary N) is 1. The molecule has 0 fully saturated rings. The maximum Gasteiger partial charge on any atom is 0.0198 e. The summed E-state index contributed by atoms with van der Waals surface area (Å²) < 4.78 is 0. The molecule has 0 aromatic heterocycles. The second kappa shape index (κ2) is 10.2. The van der Waals surface area contributed by atoms with Crippen molar-refractivity contribution in [3.63, 3.8) is 0 Å². The number of hydrogen-bond acceptors (Lipinski definition) is 3. The minimum atomic E-state index is 0.494. The molecule has 3 N–H and O–H groups in total. The van der Waals surface area contributed by atoms with Crippen LogP contribution in [0.2, 0.25) is 0 Å². The molecule has 0 bridgehead atoms. The molecule has 0 radical (unpaired) electrons. The van der Waals surface area contributed by atoms with Gasteiger partial charge in [-0.05, 0) is 42.2 Å². The molecule has 0 rings (SSSR count). The van der Waals surface area contributed by atoms with Gasteiger partial charge in [0.25, 0.3) is 0 Å². The fourth-order valence-corrected chi connectivity index (χ4v) is 2.96. The van der Waals surface area contributed by atoms with Crippen molar-refractivity contribution < 1.29 is 0 Å². The van der Waals surface area contributed by atoms with Crippen molar-refractivity contribution in [3.05, 3.63) is 0 Å². The van der Waals surface area contributed by atoms with Crippen LogP contribution in [0.25, 0.3) is 0 Å². The zero-order valence-corrected chi connectivity index (χ0v) is 13.1. The molecule has 0 heterocycles. The monoisotopic (exact) mass is 260 g/mol. The maximum absolute atomic E-state index is 5.82. The molecule has 0 saturated carbocycles. The molecule has 0 spiro atoms. The lowest BCUT2D eigenvalue weighted by Crippen LogP contribution is -2.41. The van der Waals surface area contributed by atoms with Gasteiger partial charge in [0.15, 0.2) is 0 Å². The van der Waals surface area contributed by atoms with Gasteiger partial charge in [0.1, 0.15) is 0 Å². The van der Waals surface area contributed by atoms with Gasteiger partial charge in [-0.3, -0.25) is 0 Å². The molecule has 1 atom stereocenters. The summed E-state index contributed by atoms with van der Waals surface area (Å²) in [7, 11) is 0. The highest BCUT2D eigenvalue weighted by Crippen LogP contribution is 2.19. The van der Waals surface area contributed by atoms with Crippen LogP contribution >= 0.6 is 11.8 Å². The predicted octanol–water partition coefficient (Wildman–Crippen LogP) is 2.97. The molecule has 17 heavy (non-hydrogen) atoms. The van der Waals surface area contributed by atoms with Crippen LogP contribution in [0.3, 0.4) is 0 Å². The molecule has 0 aromatic carbocycles. The Morgan fingerprint density at radius 2 is 1.71 bits per heavy atom. The van der Waals surface area contributed by atoms with E-state index in [1.54, 1.807) is 0 Å². The topological polar surface area (TPSA) is 38.0 Å². The highest BCUT2D eigenvalue weighted by atomic mass is 32.2. The van der Waals surface area contributed by atoms with Crippen LogP contribution in [0, 0.1) is 17.8 Å². The Labute approximate surface area is 112 Å². The van der Waals surface area contributed by atoms with Crippen LogP contribution < -0.4 is 11.1 Å². The van der Waals surface area contributed by atoms with E-state index in [4.69, 9.17) is 5.73 Å². The molecule has 0 amide bonds. The first-order valence-electron chi connectivity index (χ1n) is 7.04. The number of thioether (sulfide) groups is 1. The minimum Gasteiger partial charge on any atom is -0.329 e. The molecular weight excluding hydrogens is 228 g/mol. The Kier molecular flexibility index (Phi) is 10.4. The quantitative estimate of drug-likeness (QED) is 0.593. The Morgan fingerprint density at radius 1 is 1.12 bits per heavy atom. The van der Waals surface area contributed by atoms with Crippen molar-refractivity contribution in [3.8, 4) is 0 Å². The predicted molar refractivity (Wildman–Crippen MR) is 81.6 cm³/mol. The molecule has 1 unspecified atom stereocenters. The average Bonchev–Trinajstić information content (AvgIpc) is 2.26. The van der Waals surface area contributed by atoms with Gasteiger partial charge in [-0.15, -0.1) is 0 Å². The van der Waals surface area contributed by atoms with Crippen molar-refractivity contribution in [1.29, 1.82) is 0 Å². The smallest absolute Gasteiger partial charge is 0.0198 e. The lowest BCUT2D eigenvalue weighted by molar-refractivity contribution is 0.265. The van der Waals surface area contributed by atoms with E-state index >= 15 is 0 Å². The first kappa shape index (κ1) is 17.3. The second-order valence-corrected chi connectivity index (χ2v) is 6.87. The van der Waals surface area contributed by atoms with Crippen molar-refractivity contribution in [2.45, 2.75) is 47.1 Å². The molecule has 0 aliphatic carbocycles. The first-order chi connectivity index (χ1) is 8.02. The summed E-state index contributed by atoms with van der Waals surface area (Å²) in [6.45, 7) is 13.3. The van der Waals surface area contributed by atoms with E-state index in [-0.39, 0.29) is 0 Å². The lowest BCUT2D eigenvalue weighted by atomic mass is 9.85. The van der Waals surface area contributed by atoms with Gasteiger partial charge in [-0.1, -0.05) is 34.6 Å². The highest BCUT2D eigenvalue weighted by molar-refractivity contribution is 7.99. The number of hydrogen-bond donors (Lipinski definition) is 2. The standard InChI is InChI=1S/C14H32N2S/c1-6-17-8-7-13(9-15)16-10-14(11(2)3)12(4)5/h11-14,16H,6-10,15H2,1-5H3. The Hall–Kier alpha value is 0.270. The normalized spacial score (nSPS) is 13.9. The first-order valence-corrected chi connectivity index (χ1v) is 8.19. The Morgan fingerprint density at radius 3 is 2.12 bits per heavy atom. The summed E-state index contributed by atoms with van der Waals surface area (Å²) in [6, 6.07) is 0.494. The summed E-state index contributed by atoms with van der Waals surface area (Å²) >= 11 is 2.00. The van der Waals surface area contributed by atoms with Gasteiger partial charge < -0.3 is 11.1 Å². The largest absolute Gasteiger partial charge is 0.329 e. The zero-order chi connectivity index (χ0) is 13.3. The molecule has 104 valence electrons. The van der Waals surface area contributed by atoms with Gasteiger partial charge in [-0.25, -0.2) is 0 Å². The fourth-order valence-electron chi connectivity index (χ4n) is 2.22. The summed E-state index contributed by atoms with van der Waals surface area (Å²) in [4.78, 5) is 0. The molecular formula is C14H32N2S. The fraction of sp³-hybridized carbons (Fsp3) is 1.00. The van der Waals surface area contributed by atoms with Crippen LogP contribution in [-0.2, 0) is 0 Å². The van der Waals surface area contributed by atoms with Gasteiger partial charge in [0, 0.05) is 12.6 Å². The molecule has 0 aromatic rings. The third-order valence-electron chi connectivity index (χ3n) is 3.45. The Bertz CT molecular complexity index is 164. The van der Waals surface area contributed by atoms with E-state index in [9.17, 15) is 0 Å². The van der Waals surface area contributed by atoms with Crippen LogP contribution in [-0.4, -0.2) is 30.6 Å². The van der Waals surface area contributed by atoms with Gasteiger partial charge in [0.2, 0.25) is 0 Å². The summed E-state index contributed by atoms with van der Waals surface area (Å²) in [5.41, 5.74) is 5.82. The average molecular weight is 260 g/mol. The third kappa shape index (κ3) is 8.06. The molecule has 0 aliphatic rings. The van der Waals surface area contributed by atoms with Crippen LogP contribution in [0.4, 0.5) is 0 Å². The van der Waals surface area contributed by atoms with Crippen molar-refractivity contribution in [1.82, 2.24) is 5.32 Å². The molecule has 2 nitrogen and oxygen atoms in total. The zero-order valence-electron chi connectivity index (χ0n) is 12.3. The number of nitrogens with two attached hydrogens (primary N) is 1. The van der Waals surface area contributed by atoms with E-state index in [0.717, 1.165) is 30.8 Å². The van der Waals surface area contributed by atoms with E-state index < -0.39 is 0 Å². The van der Waals surface area contributed by atoms with Gasteiger partial charge >= 0.3 is 0 Å². The maximum atomic E-state index is 5.82. The number of rotatable bonds is 10. The van der Waals surface area contributed by atoms with E-state index in [0.29, 0.717) is 6.04 Å². The van der Waals surface area contributed by atoms with Crippen LogP contribution in [0.1, 0.15) is 41.0 Å². The van der Waals surface area contributed by atoms with E-state index in [1.807, 2.05) is 11.8 Å². The van der Waals surface area contributed by atoms with Crippen molar-refractivity contribution >= 4 is 11.8 Å². The molecule has 0 aliphatic heterocycles.